The van der Waals surface area contributed by atoms with Crippen molar-refractivity contribution in [2.75, 3.05) is 0 Å². The molecule has 0 spiro atoms. The Morgan fingerprint density at radius 3 is 2.44 bits per heavy atom. The first kappa shape index (κ1) is 18.7. The van der Waals surface area contributed by atoms with E-state index in [4.69, 9.17) is 16.1 Å². The number of rotatable bonds is 2. The van der Waals surface area contributed by atoms with Crippen LogP contribution in [0.25, 0.3) is 22.3 Å². The monoisotopic (exact) mass is 402 g/mol. The van der Waals surface area contributed by atoms with Crippen LogP contribution in [0.5, 0.6) is 0 Å². The number of nitrogens with one attached hydrogen (secondary N) is 1. The van der Waals surface area contributed by atoms with Gasteiger partial charge in [0.25, 0.3) is 0 Å². The van der Waals surface area contributed by atoms with E-state index in [1.807, 2.05) is 19.9 Å². The van der Waals surface area contributed by atoms with Crippen LogP contribution in [0.4, 0.5) is 0 Å². The molecule has 2 aromatic carbocycles. The van der Waals surface area contributed by atoms with E-state index in [2.05, 4.69) is 26.5 Å². The lowest BCUT2D eigenvalue weighted by molar-refractivity contribution is 0.617. The maximum absolute atomic E-state index is 12.2. The topological polar surface area (TPSA) is 107 Å². The summed E-state index contributed by atoms with van der Waals surface area (Å²) in [5, 5.41) is 4.08. The first-order valence-corrected chi connectivity index (χ1v) is 8.51. The summed E-state index contributed by atoms with van der Waals surface area (Å²) < 4.78 is 6.60. The van der Waals surface area contributed by atoms with Crippen LogP contribution in [-0.4, -0.2) is 5.84 Å². The van der Waals surface area contributed by atoms with Crippen molar-refractivity contribution in [2.24, 2.45) is 16.8 Å². The van der Waals surface area contributed by atoms with Crippen molar-refractivity contribution in [1.82, 2.24) is 5.43 Å². The van der Waals surface area contributed by atoms with Crippen LogP contribution in [-0.2, 0) is 0 Å². The molecule has 1 heterocycles. The van der Waals surface area contributed by atoms with Gasteiger partial charge in [-0.05, 0) is 28.1 Å². The number of amidine groups is 1. The Morgan fingerprint density at radius 1 is 1.16 bits per heavy atom. The molecule has 0 aliphatic carbocycles. The van der Waals surface area contributed by atoms with Crippen LogP contribution in [0, 0.1) is 0 Å². The summed E-state index contributed by atoms with van der Waals surface area (Å²) in [6.45, 7) is 4.00. The van der Waals surface area contributed by atoms with Crippen molar-refractivity contribution in [1.29, 1.82) is 0 Å². The average Bonchev–Trinajstić information content (AvgIpc) is 2.66. The predicted octanol–water partition coefficient (Wildman–Crippen LogP) is 3.33. The molecule has 0 unspecified atom stereocenters. The lowest BCUT2D eigenvalue weighted by Crippen LogP contribution is -2.31. The van der Waals surface area contributed by atoms with Gasteiger partial charge < -0.3 is 15.7 Å². The Balaban J connectivity index is 0.00000109. The number of hydrogen-bond donors (Lipinski definition) is 3. The van der Waals surface area contributed by atoms with Gasteiger partial charge in [0.1, 0.15) is 5.76 Å². The molecule has 7 heteroatoms. The zero-order valence-corrected chi connectivity index (χ0v) is 15.5. The largest absolute Gasteiger partial charge is 0.455 e. The number of fused-ring (bicyclic) bond motifs is 1. The second kappa shape index (κ2) is 8.46. The highest BCUT2D eigenvalue weighted by Gasteiger charge is 2.10. The summed E-state index contributed by atoms with van der Waals surface area (Å²) in [7, 11) is 0. The van der Waals surface area contributed by atoms with E-state index in [1.165, 1.54) is 6.07 Å². The smallest absolute Gasteiger partial charge is 0.193 e. The van der Waals surface area contributed by atoms with Gasteiger partial charge in [-0.15, -0.1) is 0 Å². The molecule has 1 aromatic heterocycles. The summed E-state index contributed by atoms with van der Waals surface area (Å²) in [5.74, 6) is 11.4. The first-order chi connectivity index (χ1) is 12.1. The van der Waals surface area contributed by atoms with Crippen molar-refractivity contribution in [3.63, 3.8) is 0 Å². The van der Waals surface area contributed by atoms with Crippen molar-refractivity contribution >= 4 is 32.7 Å². The molecule has 0 aliphatic rings. The molecule has 0 saturated heterocycles. The minimum atomic E-state index is -0.0977. The third-order valence-electron chi connectivity index (χ3n) is 3.42. The summed E-state index contributed by atoms with van der Waals surface area (Å²) in [5.41, 5.74) is 4.32. The molecule has 0 fully saturated rings. The first-order valence-electron chi connectivity index (χ1n) is 7.71. The van der Waals surface area contributed by atoms with E-state index in [9.17, 15) is 4.79 Å². The van der Waals surface area contributed by atoms with Gasteiger partial charge in [0.15, 0.2) is 16.8 Å². The summed E-state index contributed by atoms with van der Waals surface area (Å²) in [6, 6.07) is 14.0. The van der Waals surface area contributed by atoms with E-state index in [0.717, 1.165) is 15.6 Å². The molecule has 6 nitrogen and oxygen atoms in total. The standard InChI is InChI=1S/C16H13BrN4O2.C2H6/c17-12-3-1-2-11-13(22)8-14(23-15(11)12)9-4-6-10(7-5-9)16(20-18)21-19;1-2/h1-8H,18-19H2,(H,20,21);1-2H3. The molecule has 130 valence electrons. The van der Waals surface area contributed by atoms with Crippen molar-refractivity contribution in [2.45, 2.75) is 13.8 Å². The van der Waals surface area contributed by atoms with Crippen LogP contribution in [0.3, 0.4) is 0 Å². The summed E-state index contributed by atoms with van der Waals surface area (Å²) in [4.78, 5) is 12.2. The predicted molar refractivity (Wildman–Crippen MR) is 105 cm³/mol. The lowest BCUT2D eigenvalue weighted by atomic mass is 10.1. The van der Waals surface area contributed by atoms with Gasteiger partial charge in [0, 0.05) is 17.2 Å². The maximum atomic E-state index is 12.2. The van der Waals surface area contributed by atoms with Gasteiger partial charge >= 0.3 is 0 Å². The number of hydrazone groups is 1. The molecule has 25 heavy (non-hydrogen) atoms. The normalized spacial score (nSPS) is 11.0. The molecule has 0 atom stereocenters. The maximum Gasteiger partial charge on any atom is 0.193 e. The molecule has 5 N–H and O–H groups in total. The van der Waals surface area contributed by atoms with Gasteiger partial charge in [0.2, 0.25) is 0 Å². The quantitative estimate of drug-likeness (QED) is 0.263. The Labute approximate surface area is 153 Å². The van der Waals surface area contributed by atoms with Crippen LogP contribution in [0.2, 0.25) is 0 Å². The number of benzene rings is 2. The lowest BCUT2D eigenvalue weighted by Gasteiger charge is -2.07. The fourth-order valence-corrected chi connectivity index (χ4v) is 2.72. The van der Waals surface area contributed by atoms with Gasteiger partial charge in [-0.1, -0.05) is 44.2 Å². The Morgan fingerprint density at radius 2 is 1.84 bits per heavy atom. The molecule has 0 radical (unpaired) electrons. The number of nitrogens with two attached hydrogens (primary N) is 2. The summed E-state index contributed by atoms with van der Waals surface area (Å²) >= 11 is 3.40. The Bertz CT molecular complexity index is 949. The van der Waals surface area contributed by atoms with Crippen molar-refractivity contribution in [3.8, 4) is 11.3 Å². The number of hydrogen-bond acceptors (Lipinski definition) is 5. The average molecular weight is 403 g/mol. The third kappa shape index (κ3) is 3.89. The van der Waals surface area contributed by atoms with Gasteiger partial charge in [0.05, 0.1) is 9.86 Å². The molecular formula is C18H19BrN4O2. The zero-order valence-electron chi connectivity index (χ0n) is 13.9. The highest BCUT2D eigenvalue weighted by molar-refractivity contribution is 9.10. The molecule has 0 aliphatic heterocycles. The fraction of sp³-hybridized carbons (Fsp3) is 0.111. The molecule has 0 saturated carbocycles. The fourth-order valence-electron chi connectivity index (χ4n) is 2.27. The van der Waals surface area contributed by atoms with Gasteiger partial charge in [-0.2, -0.15) is 5.10 Å². The second-order valence-electron chi connectivity index (χ2n) is 4.79. The minimum Gasteiger partial charge on any atom is -0.455 e. The minimum absolute atomic E-state index is 0.0977. The SMILES string of the molecule is CC.N/N=C(\NN)c1ccc(-c2cc(=O)c3cccc(Br)c3o2)cc1. The highest BCUT2D eigenvalue weighted by atomic mass is 79.9. The number of nitrogens with zero attached hydrogens (tertiary/aromatic N) is 1. The van der Waals surface area contributed by atoms with Crippen molar-refractivity contribution in [3.05, 3.63) is 68.8 Å². The molecule has 0 amide bonds. The number of halogens is 1. The highest BCUT2D eigenvalue weighted by Crippen LogP contribution is 2.27. The van der Waals surface area contributed by atoms with E-state index in [1.54, 1.807) is 36.4 Å². The van der Waals surface area contributed by atoms with Crippen LogP contribution >= 0.6 is 15.9 Å². The van der Waals surface area contributed by atoms with Gasteiger partial charge in [-0.3, -0.25) is 4.79 Å². The van der Waals surface area contributed by atoms with Crippen molar-refractivity contribution < 1.29 is 4.42 Å². The van der Waals surface area contributed by atoms with Gasteiger partial charge in [-0.25, -0.2) is 5.84 Å². The van der Waals surface area contributed by atoms with E-state index in [-0.39, 0.29) is 5.43 Å². The van der Waals surface area contributed by atoms with E-state index < -0.39 is 0 Å². The van der Waals surface area contributed by atoms with Crippen LogP contribution < -0.4 is 22.5 Å². The molecular weight excluding hydrogens is 384 g/mol. The molecule has 0 bridgehead atoms. The number of para-hydroxylation sites is 1. The summed E-state index contributed by atoms with van der Waals surface area (Å²) in [6.07, 6.45) is 0. The molecule has 3 rings (SSSR count). The third-order valence-corrected chi connectivity index (χ3v) is 4.04. The zero-order chi connectivity index (χ0) is 18.4. The van der Waals surface area contributed by atoms with Crippen LogP contribution in [0.15, 0.2) is 67.3 Å². The van der Waals surface area contributed by atoms with E-state index in [0.29, 0.717) is 22.6 Å². The molecule has 3 aromatic rings. The second-order valence-corrected chi connectivity index (χ2v) is 5.65. The Kier molecular flexibility index (Phi) is 6.32. The van der Waals surface area contributed by atoms with Crippen LogP contribution in [0.1, 0.15) is 19.4 Å². The van der Waals surface area contributed by atoms with E-state index >= 15 is 0 Å². The number of hydrazine groups is 1. The Hall–Kier alpha value is -2.64.